The molecule has 2 aromatic rings. The second-order valence-corrected chi connectivity index (χ2v) is 4.41. The molecule has 0 amide bonds. The average Bonchev–Trinajstić information content (AvgIpc) is 2.67. The van der Waals surface area contributed by atoms with Crippen LogP contribution < -0.4 is 0 Å². The highest BCUT2D eigenvalue weighted by molar-refractivity contribution is 7.12. The Bertz CT molecular complexity index is 456. The van der Waals surface area contributed by atoms with E-state index < -0.39 is 0 Å². The number of carbonyl (C=O) groups is 1. The summed E-state index contributed by atoms with van der Waals surface area (Å²) in [5, 5.41) is 1.98. The molecule has 1 nitrogen and oxygen atoms in total. The highest BCUT2D eigenvalue weighted by Crippen LogP contribution is 2.20. The zero-order valence-corrected chi connectivity index (χ0v) is 9.38. The van der Waals surface area contributed by atoms with Gasteiger partial charge in [-0.3, -0.25) is 4.79 Å². The van der Waals surface area contributed by atoms with Crippen LogP contribution >= 0.6 is 11.3 Å². The largest absolute Gasteiger partial charge is 0.294 e. The molecule has 1 heterocycles. The van der Waals surface area contributed by atoms with Gasteiger partial charge in [0.1, 0.15) is 0 Å². The van der Waals surface area contributed by atoms with Crippen LogP contribution in [-0.4, -0.2) is 5.78 Å². The van der Waals surface area contributed by atoms with E-state index in [1.807, 2.05) is 29.6 Å². The first-order valence-corrected chi connectivity index (χ1v) is 5.76. The smallest absolute Gasteiger partial charge is 0.170 e. The van der Waals surface area contributed by atoms with Gasteiger partial charge in [-0.25, -0.2) is 0 Å². The molecule has 0 bridgehead atoms. The van der Waals surface area contributed by atoms with Crippen LogP contribution in [0.1, 0.15) is 27.7 Å². The van der Waals surface area contributed by atoms with E-state index in [1.54, 1.807) is 6.92 Å². The van der Waals surface area contributed by atoms with Crippen LogP contribution in [0, 0.1) is 0 Å². The molecule has 0 aliphatic rings. The lowest BCUT2D eigenvalue weighted by molar-refractivity contribution is 0.102. The van der Waals surface area contributed by atoms with Crippen molar-refractivity contribution in [3.63, 3.8) is 0 Å². The minimum atomic E-state index is 0.163. The lowest BCUT2D eigenvalue weighted by Crippen LogP contribution is -1.95. The number of rotatable bonds is 3. The molecule has 0 radical (unpaired) electrons. The van der Waals surface area contributed by atoms with Crippen LogP contribution in [0.5, 0.6) is 0 Å². The molecule has 0 fully saturated rings. The van der Waals surface area contributed by atoms with Crippen molar-refractivity contribution in [2.75, 3.05) is 0 Å². The maximum atomic E-state index is 11.3. The first kappa shape index (κ1) is 10.1. The van der Waals surface area contributed by atoms with E-state index in [1.165, 1.54) is 16.9 Å². The van der Waals surface area contributed by atoms with Crippen molar-refractivity contribution in [1.82, 2.24) is 0 Å². The van der Waals surface area contributed by atoms with E-state index in [2.05, 4.69) is 12.1 Å². The minimum Gasteiger partial charge on any atom is -0.294 e. The standard InChI is InChI=1S/C13H12OS/c1-10(14)13-12(7-8-15-13)9-11-5-3-2-4-6-11/h2-8H,9H2,1H3. The van der Waals surface area contributed by atoms with Crippen LogP contribution in [0.2, 0.25) is 0 Å². The van der Waals surface area contributed by atoms with Crippen molar-refractivity contribution in [3.05, 3.63) is 57.8 Å². The molecule has 0 saturated carbocycles. The molecule has 0 spiro atoms. The summed E-state index contributed by atoms with van der Waals surface area (Å²) < 4.78 is 0. The lowest BCUT2D eigenvalue weighted by Gasteiger charge is -2.00. The highest BCUT2D eigenvalue weighted by atomic mass is 32.1. The number of hydrogen-bond donors (Lipinski definition) is 0. The minimum absolute atomic E-state index is 0.163. The second kappa shape index (κ2) is 4.41. The Morgan fingerprint density at radius 1 is 1.20 bits per heavy atom. The zero-order valence-electron chi connectivity index (χ0n) is 8.57. The van der Waals surface area contributed by atoms with Crippen LogP contribution in [0.4, 0.5) is 0 Å². The molecule has 0 unspecified atom stereocenters. The summed E-state index contributed by atoms with van der Waals surface area (Å²) in [6, 6.07) is 12.3. The molecular formula is C13H12OS. The molecule has 15 heavy (non-hydrogen) atoms. The average molecular weight is 216 g/mol. The van der Waals surface area contributed by atoms with Crippen molar-refractivity contribution in [1.29, 1.82) is 0 Å². The maximum absolute atomic E-state index is 11.3. The SMILES string of the molecule is CC(=O)c1sccc1Cc1ccccc1. The summed E-state index contributed by atoms with van der Waals surface area (Å²) in [7, 11) is 0. The van der Waals surface area contributed by atoms with E-state index in [9.17, 15) is 4.79 Å². The third-order valence-electron chi connectivity index (χ3n) is 2.30. The lowest BCUT2D eigenvalue weighted by atomic mass is 10.1. The van der Waals surface area contributed by atoms with E-state index in [0.717, 1.165) is 16.9 Å². The van der Waals surface area contributed by atoms with Gasteiger partial charge in [0, 0.05) is 0 Å². The number of thiophene rings is 1. The van der Waals surface area contributed by atoms with Crippen LogP contribution in [0.25, 0.3) is 0 Å². The van der Waals surface area contributed by atoms with Gasteiger partial charge in [0.15, 0.2) is 5.78 Å². The summed E-state index contributed by atoms with van der Waals surface area (Å²) in [6.45, 7) is 1.63. The summed E-state index contributed by atoms with van der Waals surface area (Å²) in [5.41, 5.74) is 2.39. The predicted molar refractivity (Wildman–Crippen MR) is 63.6 cm³/mol. The Hall–Kier alpha value is -1.41. The molecule has 1 aromatic heterocycles. The molecule has 0 N–H and O–H groups in total. The fraction of sp³-hybridized carbons (Fsp3) is 0.154. The second-order valence-electron chi connectivity index (χ2n) is 3.49. The maximum Gasteiger partial charge on any atom is 0.170 e. The van der Waals surface area contributed by atoms with Crippen molar-refractivity contribution in [2.24, 2.45) is 0 Å². The van der Waals surface area contributed by atoms with Gasteiger partial charge < -0.3 is 0 Å². The molecule has 0 aliphatic heterocycles. The van der Waals surface area contributed by atoms with Gasteiger partial charge >= 0.3 is 0 Å². The number of Topliss-reactive ketones (excluding diaryl/α,β-unsaturated/α-hetero) is 1. The van der Waals surface area contributed by atoms with Gasteiger partial charge in [-0.05, 0) is 35.9 Å². The number of benzene rings is 1. The molecule has 0 saturated heterocycles. The number of hydrogen-bond acceptors (Lipinski definition) is 2. The molecule has 2 rings (SSSR count). The number of carbonyl (C=O) groups excluding carboxylic acids is 1. The Morgan fingerprint density at radius 2 is 1.93 bits per heavy atom. The summed E-state index contributed by atoms with van der Waals surface area (Å²) >= 11 is 1.53. The Balaban J connectivity index is 2.25. The third-order valence-corrected chi connectivity index (χ3v) is 3.36. The molecule has 0 atom stereocenters. The summed E-state index contributed by atoms with van der Waals surface area (Å²) in [4.78, 5) is 12.2. The van der Waals surface area contributed by atoms with E-state index in [0.29, 0.717) is 0 Å². The first-order chi connectivity index (χ1) is 7.27. The highest BCUT2D eigenvalue weighted by Gasteiger charge is 2.08. The van der Waals surface area contributed by atoms with Gasteiger partial charge in [-0.15, -0.1) is 11.3 Å². The monoisotopic (exact) mass is 216 g/mol. The van der Waals surface area contributed by atoms with Crippen LogP contribution in [-0.2, 0) is 6.42 Å². The van der Waals surface area contributed by atoms with Gasteiger partial charge in [0.25, 0.3) is 0 Å². The van der Waals surface area contributed by atoms with E-state index >= 15 is 0 Å². The predicted octanol–water partition coefficient (Wildman–Crippen LogP) is 3.54. The topological polar surface area (TPSA) is 17.1 Å². The summed E-state index contributed by atoms with van der Waals surface area (Å²) in [5.74, 6) is 0.163. The normalized spacial score (nSPS) is 10.2. The van der Waals surface area contributed by atoms with E-state index in [4.69, 9.17) is 0 Å². The van der Waals surface area contributed by atoms with Crippen LogP contribution in [0.3, 0.4) is 0 Å². The first-order valence-electron chi connectivity index (χ1n) is 4.88. The molecule has 1 aromatic carbocycles. The molecular weight excluding hydrogens is 204 g/mol. The van der Waals surface area contributed by atoms with Gasteiger partial charge in [-0.2, -0.15) is 0 Å². The fourth-order valence-electron chi connectivity index (χ4n) is 1.60. The Kier molecular flexibility index (Phi) is 2.97. The van der Waals surface area contributed by atoms with Gasteiger partial charge in [-0.1, -0.05) is 30.3 Å². The van der Waals surface area contributed by atoms with Crippen molar-refractivity contribution < 1.29 is 4.79 Å². The Labute approximate surface area is 93.4 Å². The van der Waals surface area contributed by atoms with E-state index in [-0.39, 0.29) is 5.78 Å². The van der Waals surface area contributed by atoms with Crippen molar-refractivity contribution in [3.8, 4) is 0 Å². The molecule has 0 aliphatic carbocycles. The quantitative estimate of drug-likeness (QED) is 0.717. The van der Waals surface area contributed by atoms with Gasteiger partial charge in [0.2, 0.25) is 0 Å². The van der Waals surface area contributed by atoms with Gasteiger partial charge in [0.05, 0.1) is 4.88 Å². The number of ketones is 1. The van der Waals surface area contributed by atoms with Crippen molar-refractivity contribution in [2.45, 2.75) is 13.3 Å². The molecule has 2 heteroatoms. The molecule has 76 valence electrons. The Morgan fingerprint density at radius 3 is 2.60 bits per heavy atom. The van der Waals surface area contributed by atoms with Crippen LogP contribution in [0.15, 0.2) is 41.8 Å². The van der Waals surface area contributed by atoms with Crippen molar-refractivity contribution >= 4 is 17.1 Å². The zero-order chi connectivity index (χ0) is 10.7. The fourth-order valence-corrected chi connectivity index (χ4v) is 2.43. The third kappa shape index (κ3) is 2.34. The summed E-state index contributed by atoms with van der Waals surface area (Å²) in [6.07, 6.45) is 0.846.